The van der Waals surface area contributed by atoms with Gasteiger partial charge in [-0.15, -0.1) is 0 Å². The van der Waals surface area contributed by atoms with E-state index in [4.69, 9.17) is 21.1 Å². The van der Waals surface area contributed by atoms with Crippen molar-refractivity contribution >= 4 is 17.6 Å². The number of nitrogens with zero attached hydrogens (tertiary/aromatic N) is 2. The molecule has 1 atom stereocenters. The molecule has 1 fully saturated rings. The van der Waals surface area contributed by atoms with Crippen molar-refractivity contribution in [2.45, 2.75) is 12.5 Å². The Balaban J connectivity index is 1.42. The second kappa shape index (κ2) is 9.40. The Morgan fingerprint density at radius 3 is 2.96 bits per heavy atom. The van der Waals surface area contributed by atoms with Gasteiger partial charge in [0.2, 0.25) is 0 Å². The van der Waals surface area contributed by atoms with Crippen LogP contribution in [-0.2, 0) is 11.2 Å². The topological polar surface area (TPSA) is 63.7 Å². The van der Waals surface area contributed by atoms with Crippen LogP contribution in [0.1, 0.15) is 5.56 Å². The minimum atomic E-state index is -0.195. The summed E-state index contributed by atoms with van der Waals surface area (Å²) in [5.41, 5.74) is 1.20. The number of carbonyl (C=O) groups is 1. The van der Waals surface area contributed by atoms with Crippen LogP contribution >= 0.6 is 11.6 Å². The number of carbonyl (C=O) groups excluding carboxylic acids is 1. The molecule has 1 aromatic heterocycles. The van der Waals surface area contributed by atoms with Gasteiger partial charge >= 0.3 is 6.03 Å². The van der Waals surface area contributed by atoms with E-state index >= 15 is 0 Å². The second-order valence-corrected chi connectivity index (χ2v) is 6.37. The molecule has 7 heteroatoms. The minimum Gasteiger partial charge on any atom is -0.488 e. The molecule has 2 aromatic rings. The van der Waals surface area contributed by atoms with Gasteiger partial charge < -0.3 is 19.7 Å². The molecule has 2 heterocycles. The zero-order valence-corrected chi connectivity index (χ0v) is 15.2. The van der Waals surface area contributed by atoms with E-state index in [1.54, 1.807) is 23.2 Å². The van der Waals surface area contributed by atoms with E-state index in [9.17, 15) is 4.79 Å². The van der Waals surface area contributed by atoms with Crippen LogP contribution in [0.5, 0.6) is 5.75 Å². The third kappa shape index (κ3) is 5.34. The van der Waals surface area contributed by atoms with E-state index in [1.165, 1.54) is 5.56 Å². The molecular formula is C19H22ClN3O3. The van der Waals surface area contributed by atoms with Gasteiger partial charge in [0.15, 0.2) is 10.9 Å². The van der Waals surface area contributed by atoms with Crippen molar-refractivity contribution in [1.29, 1.82) is 0 Å². The third-order valence-electron chi connectivity index (χ3n) is 4.11. The number of benzene rings is 1. The molecule has 0 saturated carbocycles. The summed E-state index contributed by atoms with van der Waals surface area (Å²) in [6.07, 6.45) is 2.22. The number of pyridine rings is 1. The summed E-state index contributed by atoms with van der Waals surface area (Å²) in [6.45, 7) is 2.46. The van der Waals surface area contributed by atoms with Crippen LogP contribution in [0.15, 0.2) is 48.7 Å². The quantitative estimate of drug-likeness (QED) is 0.788. The lowest BCUT2D eigenvalue weighted by molar-refractivity contribution is -0.0352. The highest BCUT2D eigenvalue weighted by Crippen LogP contribution is 2.21. The lowest BCUT2D eigenvalue weighted by atomic mass is 10.1. The Bertz CT molecular complexity index is 714. The van der Waals surface area contributed by atoms with Gasteiger partial charge in [-0.2, -0.15) is 0 Å². The fourth-order valence-corrected chi connectivity index (χ4v) is 2.91. The number of hydrogen-bond acceptors (Lipinski definition) is 4. The number of morpholine rings is 1. The fraction of sp³-hybridized carbons (Fsp3) is 0.368. The van der Waals surface area contributed by atoms with Crippen molar-refractivity contribution in [1.82, 2.24) is 15.2 Å². The zero-order valence-electron chi connectivity index (χ0n) is 14.4. The first-order valence-electron chi connectivity index (χ1n) is 8.64. The van der Waals surface area contributed by atoms with Gasteiger partial charge in [0.05, 0.1) is 13.2 Å². The van der Waals surface area contributed by atoms with Crippen LogP contribution in [0.25, 0.3) is 0 Å². The molecule has 1 aliphatic rings. The number of ether oxygens (including phenoxy) is 2. The summed E-state index contributed by atoms with van der Waals surface area (Å²) in [7, 11) is 0. The number of amides is 2. The van der Waals surface area contributed by atoms with Crippen molar-refractivity contribution < 1.29 is 14.3 Å². The molecule has 3 rings (SSSR count). The molecule has 0 bridgehead atoms. The first-order chi connectivity index (χ1) is 12.7. The molecule has 1 saturated heterocycles. The normalized spacial score (nSPS) is 17.0. The van der Waals surface area contributed by atoms with Gasteiger partial charge in [0.25, 0.3) is 0 Å². The number of urea groups is 1. The van der Waals surface area contributed by atoms with Crippen LogP contribution in [0.3, 0.4) is 0 Å². The summed E-state index contributed by atoms with van der Waals surface area (Å²) in [4.78, 5) is 18.1. The Morgan fingerprint density at radius 1 is 1.31 bits per heavy atom. The van der Waals surface area contributed by atoms with E-state index in [1.807, 2.05) is 18.2 Å². The molecule has 1 N–H and O–H groups in total. The summed E-state index contributed by atoms with van der Waals surface area (Å²) in [6, 6.07) is 13.5. The largest absolute Gasteiger partial charge is 0.488 e. The molecular weight excluding hydrogens is 354 g/mol. The molecule has 0 spiro atoms. The monoisotopic (exact) mass is 375 g/mol. The van der Waals surface area contributed by atoms with Crippen molar-refractivity contribution in [3.05, 3.63) is 59.4 Å². The summed E-state index contributed by atoms with van der Waals surface area (Å²) < 4.78 is 11.3. The van der Waals surface area contributed by atoms with Crippen molar-refractivity contribution in [2.75, 3.05) is 32.8 Å². The maximum absolute atomic E-state index is 12.3. The average molecular weight is 376 g/mol. The van der Waals surface area contributed by atoms with Crippen LogP contribution in [-0.4, -0.2) is 54.9 Å². The van der Waals surface area contributed by atoms with Crippen molar-refractivity contribution in [3.8, 4) is 5.75 Å². The van der Waals surface area contributed by atoms with E-state index < -0.39 is 0 Å². The van der Waals surface area contributed by atoms with Gasteiger partial charge in [-0.05, 0) is 24.1 Å². The van der Waals surface area contributed by atoms with E-state index in [0.717, 1.165) is 6.42 Å². The molecule has 6 nitrogen and oxygen atoms in total. The van der Waals surface area contributed by atoms with Gasteiger partial charge in [0.1, 0.15) is 12.7 Å². The predicted octanol–water partition coefficient (Wildman–Crippen LogP) is 2.77. The number of nitrogens with one attached hydrogen (secondary N) is 1. The van der Waals surface area contributed by atoms with E-state index in [2.05, 4.69) is 22.4 Å². The molecule has 2 amide bonds. The highest BCUT2D eigenvalue weighted by atomic mass is 35.5. The smallest absolute Gasteiger partial charge is 0.317 e. The Labute approximate surface area is 158 Å². The standard InChI is InChI=1S/C19H22ClN3O3/c20-18-17(7-4-9-21-18)26-14-16-13-23(11-12-25-16)19(24)22-10-8-15-5-2-1-3-6-15/h1-7,9,16H,8,10-14H2,(H,22,24). The highest BCUT2D eigenvalue weighted by molar-refractivity contribution is 6.30. The SMILES string of the molecule is O=C(NCCc1ccccc1)N1CCOC(COc2cccnc2Cl)C1. The Hall–Kier alpha value is -2.31. The Morgan fingerprint density at radius 2 is 2.15 bits per heavy atom. The second-order valence-electron chi connectivity index (χ2n) is 6.01. The molecule has 26 heavy (non-hydrogen) atoms. The molecule has 1 unspecified atom stereocenters. The number of halogens is 1. The molecule has 138 valence electrons. The maximum atomic E-state index is 12.3. The molecule has 1 aliphatic heterocycles. The summed E-state index contributed by atoms with van der Waals surface area (Å²) in [5, 5.41) is 3.28. The number of hydrogen-bond donors (Lipinski definition) is 1. The zero-order chi connectivity index (χ0) is 18.2. The minimum absolute atomic E-state index is 0.0753. The average Bonchev–Trinajstić information content (AvgIpc) is 2.68. The number of aromatic nitrogens is 1. The first-order valence-corrected chi connectivity index (χ1v) is 9.02. The van der Waals surface area contributed by atoms with Crippen LogP contribution in [0.2, 0.25) is 5.15 Å². The van der Waals surface area contributed by atoms with Crippen LogP contribution in [0.4, 0.5) is 4.79 Å². The number of rotatable bonds is 6. The Kier molecular flexibility index (Phi) is 6.68. The lowest BCUT2D eigenvalue weighted by Crippen LogP contribution is -2.51. The molecule has 0 radical (unpaired) electrons. The van der Waals surface area contributed by atoms with Gasteiger partial charge in [0, 0.05) is 19.3 Å². The van der Waals surface area contributed by atoms with Crippen LogP contribution in [0, 0.1) is 0 Å². The van der Waals surface area contributed by atoms with Crippen molar-refractivity contribution in [2.24, 2.45) is 0 Å². The highest BCUT2D eigenvalue weighted by Gasteiger charge is 2.24. The summed E-state index contributed by atoms with van der Waals surface area (Å²) >= 11 is 5.98. The summed E-state index contributed by atoms with van der Waals surface area (Å²) in [5.74, 6) is 0.516. The third-order valence-corrected chi connectivity index (χ3v) is 4.39. The van der Waals surface area contributed by atoms with E-state index in [0.29, 0.717) is 43.8 Å². The van der Waals surface area contributed by atoms with E-state index in [-0.39, 0.29) is 12.1 Å². The molecule has 1 aromatic carbocycles. The maximum Gasteiger partial charge on any atom is 0.317 e. The lowest BCUT2D eigenvalue weighted by Gasteiger charge is -2.32. The first kappa shape index (κ1) is 18.5. The van der Waals surface area contributed by atoms with Crippen LogP contribution < -0.4 is 10.1 Å². The van der Waals surface area contributed by atoms with Gasteiger partial charge in [-0.25, -0.2) is 9.78 Å². The fourth-order valence-electron chi connectivity index (χ4n) is 2.74. The predicted molar refractivity (Wildman–Crippen MR) is 99.6 cm³/mol. The van der Waals surface area contributed by atoms with Crippen molar-refractivity contribution in [3.63, 3.8) is 0 Å². The molecule has 0 aliphatic carbocycles. The van der Waals surface area contributed by atoms with Gasteiger partial charge in [-0.3, -0.25) is 0 Å². The van der Waals surface area contributed by atoms with Gasteiger partial charge in [-0.1, -0.05) is 41.9 Å².